The first kappa shape index (κ1) is 14.2. The van der Waals surface area contributed by atoms with E-state index in [0.717, 1.165) is 10.4 Å². The van der Waals surface area contributed by atoms with E-state index in [-0.39, 0.29) is 11.3 Å². The van der Waals surface area contributed by atoms with Gasteiger partial charge in [0, 0.05) is 26.7 Å². The Hall–Kier alpha value is -0.750. The summed E-state index contributed by atoms with van der Waals surface area (Å²) in [5.41, 5.74) is 0.889. The lowest BCUT2D eigenvalue weighted by atomic mass is 10.2. The van der Waals surface area contributed by atoms with E-state index in [1.807, 2.05) is 13.0 Å². The highest BCUT2D eigenvalue weighted by Gasteiger charge is 2.36. The summed E-state index contributed by atoms with van der Waals surface area (Å²) in [6.07, 6.45) is 1.77. The SMILES string of the molecule is Cc1cnc(N2C(=O)CS[C@@H]2c2ccc(Cl)cc2Cl)s1. The molecule has 1 aromatic carbocycles. The highest BCUT2D eigenvalue weighted by atomic mass is 35.5. The van der Waals surface area contributed by atoms with Crippen LogP contribution >= 0.6 is 46.3 Å². The summed E-state index contributed by atoms with van der Waals surface area (Å²) in [6.45, 7) is 1.97. The third-order valence-electron chi connectivity index (χ3n) is 2.91. The molecule has 0 spiro atoms. The molecule has 7 heteroatoms. The van der Waals surface area contributed by atoms with E-state index in [2.05, 4.69) is 4.98 Å². The van der Waals surface area contributed by atoms with Crippen LogP contribution in [-0.2, 0) is 4.79 Å². The Balaban J connectivity index is 2.01. The molecule has 0 saturated carbocycles. The second-order valence-electron chi connectivity index (χ2n) is 4.35. The molecular formula is C13H10Cl2N2OS2. The number of halogens is 2. The maximum absolute atomic E-state index is 12.1. The largest absolute Gasteiger partial charge is 0.273 e. The summed E-state index contributed by atoms with van der Waals surface area (Å²) in [6, 6.07) is 5.36. The minimum Gasteiger partial charge on any atom is -0.273 e. The van der Waals surface area contributed by atoms with Crippen molar-refractivity contribution in [1.82, 2.24) is 4.98 Å². The van der Waals surface area contributed by atoms with Gasteiger partial charge in [-0.3, -0.25) is 9.69 Å². The number of thiazole rings is 1. The van der Waals surface area contributed by atoms with Crippen molar-refractivity contribution in [2.75, 3.05) is 10.7 Å². The predicted molar refractivity (Wildman–Crippen MR) is 86.0 cm³/mol. The number of benzene rings is 1. The lowest BCUT2D eigenvalue weighted by Crippen LogP contribution is -2.27. The molecule has 1 atom stereocenters. The van der Waals surface area contributed by atoms with Crippen LogP contribution in [0.2, 0.25) is 10.0 Å². The van der Waals surface area contributed by atoms with Gasteiger partial charge in [0.2, 0.25) is 5.91 Å². The second-order valence-corrected chi connectivity index (χ2v) is 7.47. The summed E-state index contributed by atoms with van der Waals surface area (Å²) in [5, 5.41) is 1.74. The lowest BCUT2D eigenvalue weighted by Gasteiger charge is -2.22. The Kier molecular flexibility index (Phi) is 3.95. The summed E-state index contributed by atoms with van der Waals surface area (Å²) in [4.78, 5) is 19.3. The van der Waals surface area contributed by atoms with Crippen LogP contribution in [0.5, 0.6) is 0 Å². The van der Waals surface area contributed by atoms with Crippen molar-refractivity contribution >= 4 is 57.3 Å². The number of aryl methyl sites for hydroxylation is 1. The zero-order valence-corrected chi connectivity index (χ0v) is 13.6. The van der Waals surface area contributed by atoms with Crippen LogP contribution in [0.1, 0.15) is 15.8 Å². The minimum absolute atomic E-state index is 0.0559. The molecule has 0 bridgehead atoms. The molecule has 1 amide bonds. The number of thioether (sulfide) groups is 1. The number of nitrogens with zero attached hydrogens (tertiary/aromatic N) is 2. The molecule has 3 rings (SSSR count). The number of amides is 1. The summed E-state index contributed by atoms with van der Waals surface area (Å²) >= 11 is 15.2. The topological polar surface area (TPSA) is 33.2 Å². The summed E-state index contributed by atoms with van der Waals surface area (Å²) in [7, 11) is 0. The Morgan fingerprint density at radius 3 is 2.85 bits per heavy atom. The van der Waals surface area contributed by atoms with Gasteiger partial charge < -0.3 is 0 Å². The predicted octanol–water partition coefficient (Wildman–Crippen LogP) is 4.54. The van der Waals surface area contributed by atoms with Crippen LogP contribution < -0.4 is 4.90 Å². The van der Waals surface area contributed by atoms with Crippen LogP contribution in [-0.4, -0.2) is 16.6 Å². The molecule has 0 aliphatic carbocycles. The van der Waals surface area contributed by atoms with Crippen LogP contribution in [0, 0.1) is 6.92 Å². The molecule has 20 heavy (non-hydrogen) atoms. The molecule has 1 aliphatic heterocycles. The van der Waals surface area contributed by atoms with Gasteiger partial charge in [0.05, 0.1) is 5.75 Å². The van der Waals surface area contributed by atoms with Gasteiger partial charge in [0.15, 0.2) is 5.13 Å². The third kappa shape index (κ3) is 2.55. The van der Waals surface area contributed by atoms with E-state index in [1.54, 1.807) is 35.0 Å². The third-order valence-corrected chi connectivity index (χ3v) is 5.58. The van der Waals surface area contributed by atoms with E-state index >= 15 is 0 Å². The molecule has 104 valence electrons. The van der Waals surface area contributed by atoms with Crippen molar-refractivity contribution in [3.8, 4) is 0 Å². The Morgan fingerprint density at radius 2 is 2.20 bits per heavy atom. The van der Waals surface area contributed by atoms with Gasteiger partial charge in [0.25, 0.3) is 0 Å². The van der Waals surface area contributed by atoms with Crippen molar-refractivity contribution < 1.29 is 4.79 Å². The second kappa shape index (κ2) is 5.56. The molecule has 1 aromatic heterocycles. The smallest absolute Gasteiger partial charge is 0.240 e. The van der Waals surface area contributed by atoms with E-state index in [4.69, 9.17) is 23.2 Å². The fourth-order valence-electron chi connectivity index (χ4n) is 2.02. The normalized spacial score (nSPS) is 18.9. The first-order valence-electron chi connectivity index (χ1n) is 5.87. The van der Waals surface area contributed by atoms with Gasteiger partial charge >= 0.3 is 0 Å². The fourth-order valence-corrected chi connectivity index (χ4v) is 4.66. The zero-order chi connectivity index (χ0) is 14.3. The molecule has 1 saturated heterocycles. The average molecular weight is 345 g/mol. The number of aromatic nitrogens is 1. The van der Waals surface area contributed by atoms with Gasteiger partial charge in [-0.15, -0.1) is 23.1 Å². The van der Waals surface area contributed by atoms with Gasteiger partial charge in [-0.25, -0.2) is 4.98 Å². The Labute approximate surface area is 134 Å². The van der Waals surface area contributed by atoms with Crippen molar-refractivity contribution in [1.29, 1.82) is 0 Å². The molecule has 2 heterocycles. The van der Waals surface area contributed by atoms with E-state index < -0.39 is 0 Å². The standard InChI is InChI=1S/C13H10Cl2N2OS2/c1-7-5-16-13(20-7)17-11(18)6-19-12(17)9-3-2-8(14)4-10(9)15/h2-5,12H,6H2,1H3/t12-/m1/s1. The summed E-state index contributed by atoms with van der Waals surface area (Å²) in [5.74, 6) is 0.489. The van der Waals surface area contributed by atoms with Crippen LogP contribution in [0.15, 0.2) is 24.4 Å². The van der Waals surface area contributed by atoms with E-state index in [9.17, 15) is 4.79 Å². The van der Waals surface area contributed by atoms with Crippen molar-refractivity contribution in [2.24, 2.45) is 0 Å². The molecule has 1 aliphatic rings. The first-order valence-corrected chi connectivity index (χ1v) is 8.49. The van der Waals surface area contributed by atoms with Crippen LogP contribution in [0.25, 0.3) is 0 Å². The maximum Gasteiger partial charge on any atom is 0.240 e. The highest BCUT2D eigenvalue weighted by molar-refractivity contribution is 8.00. The number of carbonyl (C=O) groups is 1. The number of anilines is 1. The first-order chi connectivity index (χ1) is 9.56. The van der Waals surface area contributed by atoms with Gasteiger partial charge in [-0.2, -0.15) is 0 Å². The molecule has 0 unspecified atom stereocenters. The lowest BCUT2D eigenvalue weighted by molar-refractivity contribution is -0.115. The quantitative estimate of drug-likeness (QED) is 0.801. The van der Waals surface area contributed by atoms with Crippen molar-refractivity contribution in [3.05, 3.63) is 44.9 Å². The number of carbonyl (C=O) groups excluding carboxylic acids is 1. The molecule has 2 aromatic rings. The minimum atomic E-state index is -0.141. The van der Waals surface area contributed by atoms with E-state index in [0.29, 0.717) is 20.9 Å². The molecule has 0 radical (unpaired) electrons. The van der Waals surface area contributed by atoms with Crippen molar-refractivity contribution in [2.45, 2.75) is 12.3 Å². The van der Waals surface area contributed by atoms with Gasteiger partial charge in [-0.05, 0) is 19.1 Å². The molecule has 3 nitrogen and oxygen atoms in total. The van der Waals surface area contributed by atoms with Crippen LogP contribution in [0.4, 0.5) is 5.13 Å². The van der Waals surface area contributed by atoms with Crippen LogP contribution in [0.3, 0.4) is 0 Å². The van der Waals surface area contributed by atoms with Gasteiger partial charge in [0.1, 0.15) is 5.37 Å². The van der Waals surface area contributed by atoms with E-state index in [1.165, 1.54) is 11.3 Å². The maximum atomic E-state index is 12.1. The molecule has 0 N–H and O–H groups in total. The average Bonchev–Trinajstić information content (AvgIpc) is 2.96. The highest BCUT2D eigenvalue weighted by Crippen LogP contribution is 2.45. The number of rotatable bonds is 2. The molecule has 1 fully saturated rings. The molecular weight excluding hydrogens is 335 g/mol. The zero-order valence-electron chi connectivity index (χ0n) is 10.5. The number of hydrogen-bond donors (Lipinski definition) is 0. The Morgan fingerprint density at radius 1 is 1.40 bits per heavy atom. The van der Waals surface area contributed by atoms with Gasteiger partial charge in [-0.1, -0.05) is 29.3 Å². The number of hydrogen-bond acceptors (Lipinski definition) is 4. The fraction of sp³-hybridized carbons (Fsp3) is 0.231. The van der Waals surface area contributed by atoms with Crippen molar-refractivity contribution in [3.63, 3.8) is 0 Å². The monoisotopic (exact) mass is 344 g/mol. The summed E-state index contributed by atoms with van der Waals surface area (Å²) < 4.78 is 0. The Bertz CT molecular complexity index is 674.